The molecule has 0 radical (unpaired) electrons. The van der Waals surface area contributed by atoms with Crippen molar-refractivity contribution in [1.82, 2.24) is 9.80 Å². The van der Waals surface area contributed by atoms with E-state index in [1.807, 2.05) is 4.90 Å². The predicted molar refractivity (Wildman–Crippen MR) is 82.2 cm³/mol. The summed E-state index contributed by atoms with van der Waals surface area (Å²) >= 11 is 0. The Labute approximate surface area is 127 Å². The van der Waals surface area contributed by atoms with Crippen LogP contribution in [0.25, 0.3) is 0 Å². The van der Waals surface area contributed by atoms with Gasteiger partial charge in [-0.2, -0.15) is 0 Å². The largest absolute Gasteiger partial charge is 0.409 e. The van der Waals surface area contributed by atoms with Crippen LogP contribution < -0.4 is 5.73 Å². The van der Waals surface area contributed by atoms with E-state index < -0.39 is 5.41 Å². The van der Waals surface area contributed by atoms with Crippen molar-refractivity contribution >= 4 is 11.7 Å². The molecule has 1 amide bonds. The molecule has 0 aromatic carbocycles. The van der Waals surface area contributed by atoms with Crippen molar-refractivity contribution in [3.63, 3.8) is 0 Å². The highest BCUT2D eigenvalue weighted by atomic mass is 16.4. The van der Waals surface area contributed by atoms with E-state index in [1.165, 1.54) is 0 Å². The van der Waals surface area contributed by atoms with Gasteiger partial charge in [0.1, 0.15) is 5.41 Å². The Bertz CT molecular complexity index is 414. The van der Waals surface area contributed by atoms with Crippen LogP contribution in [-0.4, -0.2) is 58.5 Å². The summed E-state index contributed by atoms with van der Waals surface area (Å²) in [6, 6.07) is 0. The normalized spacial score (nSPS) is 24.3. The first kappa shape index (κ1) is 16.1. The minimum Gasteiger partial charge on any atom is -0.409 e. The Balaban J connectivity index is 2.07. The summed E-state index contributed by atoms with van der Waals surface area (Å²) in [5, 5.41) is 12.2. The highest BCUT2D eigenvalue weighted by Gasteiger charge is 2.48. The van der Waals surface area contributed by atoms with Gasteiger partial charge in [-0.25, -0.2) is 0 Å². The van der Waals surface area contributed by atoms with Crippen LogP contribution in [0.15, 0.2) is 5.16 Å². The van der Waals surface area contributed by atoms with Gasteiger partial charge in [-0.15, -0.1) is 0 Å². The molecule has 0 atom stereocenters. The summed E-state index contributed by atoms with van der Waals surface area (Å²) in [4.78, 5) is 17.2. The molecular formula is C15H28N4O2. The van der Waals surface area contributed by atoms with Gasteiger partial charge in [0.2, 0.25) is 5.91 Å². The summed E-state index contributed by atoms with van der Waals surface area (Å²) in [6.45, 7) is 9.77. The average molecular weight is 296 g/mol. The first-order valence-corrected chi connectivity index (χ1v) is 7.84. The molecule has 6 nitrogen and oxygen atoms in total. The quantitative estimate of drug-likeness (QED) is 0.347. The third-order valence-electron chi connectivity index (χ3n) is 4.98. The van der Waals surface area contributed by atoms with E-state index in [0.717, 1.165) is 39.0 Å². The van der Waals surface area contributed by atoms with Crippen LogP contribution in [0.5, 0.6) is 0 Å². The van der Waals surface area contributed by atoms with E-state index in [9.17, 15) is 4.79 Å². The zero-order valence-electron chi connectivity index (χ0n) is 13.4. The van der Waals surface area contributed by atoms with Crippen LogP contribution in [0.3, 0.4) is 0 Å². The van der Waals surface area contributed by atoms with Crippen LogP contribution >= 0.6 is 0 Å². The van der Waals surface area contributed by atoms with Crippen molar-refractivity contribution in [3.05, 3.63) is 0 Å². The fourth-order valence-corrected chi connectivity index (χ4v) is 3.54. The van der Waals surface area contributed by atoms with Gasteiger partial charge in [0, 0.05) is 31.7 Å². The smallest absolute Gasteiger partial charge is 0.236 e. The van der Waals surface area contributed by atoms with Crippen molar-refractivity contribution < 1.29 is 10.0 Å². The van der Waals surface area contributed by atoms with Gasteiger partial charge in [0.15, 0.2) is 5.84 Å². The monoisotopic (exact) mass is 296 g/mol. The lowest BCUT2D eigenvalue weighted by Gasteiger charge is -2.44. The molecular weight excluding hydrogens is 268 g/mol. The molecule has 1 saturated heterocycles. The lowest BCUT2D eigenvalue weighted by Crippen LogP contribution is -2.58. The van der Waals surface area contributed by atoms with Gasteiger partial charge in [-0.3, -0.25) is 9.69 Å². The maximum absolute atomic E-state index is 12.9. The molecule has 21 heavy (non-hydrogen) atoms. The highest BCUT2D eigenvalue weighted by molar-refractivity contribution is 6.07. The number of rotatable bonds is 2. The molecule has 1 aliphatic heterocycles. The molecule has 3 N–H and O–H groups in total. The maximum Gasteiger partial charge on any atom is 0.236 e. The first-order chi connectivity index (χ1) is 9.81. The first-order valence-electron chi connectivity index (χ1n) is 7.84. The molecule has 0 unspecified atom stereocenters. The van der Waals surface area contributed by atoms with Crippen LogP contribution in [0.1, 0.15) is 46.5 Å². The van der Waals surface area contributed by atoms with Crippen molar-refractivity contribution in [3.8, 4) is 0 Å². The lowest BCUT2D eigenvalue weighted by atomic mass is 9.83. The summed E-state index contributed by atoms with van der Waals surface area (Å²) < 4.78 is 0. The molecule has 0 bridgehead atoms. The van der Waals surface area contributed by atoms with Crippen molar-refractivity contribution in [2.75, 3.05) is 26.2 Å². The van der Waals surface area contributed by atoms with Gasteiger partial charge in [0.25, 0.3) is 0 Å². The number of amides is 1. The van der Waals surface area contributed by atoms with Gasteiger partial charge in [0.05, 0.1) is 0 Å². The third-order valence-corrected chi connectivity index (χ3v) is 4.98. The minimum absolute atomic E-state index is 0.0452. The Hall–Kier alpha value is -1.30. The zero-order chi connectivity index (χ0) is 15.7. The number of amidine groups is 1. The SMILES string of the molecule is CC(C)(C)N1CCN(C(=O)C2(C(N)=NO)CCCC2)CC1. The lowest BCUT2D eigenvalue weighted by molar-refractivity contribution is -0.140. The van der Waals surface area contributed by atoms with Crippen molar-refractivity contribution in [2.24, 2.45) is 16.3 Å². The van der Waals surface area contributed by atoms with Gasteiger partial charge in [-0.05, 0) is 33.6 Å². The van der Waals surface area contributed by atoms with E-state index in [4.69, 9.17) is 10.9 Å². The molecule has 1 saturated carbocycles. The van der Waals surface area contributed by atoms with E-state index in [1.54, 1.807) is 0 Å². The summed E-state index contributed by atoms with van der Waals surface area (Å²) in [5.74, 6) is 0.132. The second-order valence-corrected chi connectivity index (χ2v) is 7.22. The topological polar surface area (TPSA) is 82.2 Å². The number of nitrogens with zero attached hydrogens (tertiary/aromatic N) is 3. The molecule has 2 aliphatic rings. The number of piperazine rings is 1. The number of carbonyl (C=O) groups excluding carboxylic acids is 1. The number of carbonyl (C=O) groups is 1. The molecule has 6 heteroatoms. The van der Waals surface area contributed by atoms with Crippen LogP contribution in [-0.2, 0) is 4.79 Å². The standard InChI is InChI=1S/C15H28N4O2/c1-14(2,3)19-10-8-18(9-11-19)13(20)15(12(16)17-21)6-4-5-7-15/h21H,4-11H2,1-3H3,(H2,16,17). The van der Waals surface area contributed by atoms with Crippen molar-refractivity contribution in [1.29, 1.82) is 0 Å². The van der Waals surface area contributed by atoms with Crippen LogP contribution in [0.4, 0.5) is 0 Å². The second kappa shape index (κ2) is 5.83. The number of hydrogen-bond acceptors (Lipinski definition) is 4. The van der Waals surface area contributed by atoms with E-state index >= 15 is 0 Å². The minimum atomic E-state index is -0.765. The van der Waals surface area contributed by atoms with Crippen LogP contribution in [0, 0.1) is 5.41 Å². The molecule has 2 rings (SSSR count). The fourth-order valence-electron chi connectivity index (χ4n) is 3.54. The predicted octanol–water partition coefficient (Wildman–Crippen LogP) is 1.24. The van der Waals surface area contributed by atoms with Crippen molar-refractivity contribution in [2.45, 2.75) is 52.0 Å². The summed E-state index contributed by atoms with van der Waals surface area (Å²) in [5.41, 5.74) is 5.22. The zero-order valence-corrected chi connectivity index (χ0v) is 13.4. The number of oxime groups is 1. The van der Waals surface area contributed by atoms with Gasteiger partial charge < -0.3 is 15.8 Å². The highest BCUT2D eigenvalue weighted by Crippen LogP contribution is 2.40. The Kier molecular flexibility index (Phi) is 4.46. The molecule has 1 heterocycles. The Morgan fingerprint density at radius 2 is 1.67 bits per heavy atom. The summed E-state index contributed by atoms with van der Waals surface area (Å²) in [6.07, 6.45) is 3.32. The molecule has 0 aromatic rings. The third kappa shape index (κ3) is 3.00. The molecule has 0 aromatic heterocycles. The van der Waals surface area contributed by atoms with E-state index in [0.29, 0.717) is 12.8 Å². The Morgan fingerprint density at radius 3 is 2.10 bits per heavy atom. The second-order valence-electron chi connectivity index (χ2n) is 7.22. The maximum atomic E-state index is 12.9. The summed E-state index contributed by atoms with van der Waals surface area (Å²) in [7, 11) is 0. The van der Waals surface area contributed by atoms with E-state index in [2.05, 4.69) is 30.8 Å². The van der Waals surface area contributed by atoms with Gasteiger partial charge in [-0.1, -0.05) is 18.0 Å². The Morgan fingerprint density at radius 1 is 1.14 bits per heavy atom. The molecule has 2 fully saturated rings. The average Bonchev–Trinajstić information content (AvgIpc) is 2.95. The van der Waals surface area contributed by atoms with Crippen LogP contribution in [0.2, 0.25) is 0 Å². The fraction of sp³-hybridized carbons (Fsp3) is 0.867. The number of hydrogen-bond donors (Lipinski definition) is 2. The molecule has 1 aliphatic carbocycles. The number of nitrogens with two attached hydrogens (primary N) is 1. The van der Waals surface area contributed by atoms with Gasteiger partial charge >= 0.3 is 0 Å². The van der Waals surface area contributed by atoms with E-state index in [-0.39, 0.29) is 17.3 Å². The molecule has 120 valence electrons. The molecule has 0 spiro atoms.